The number of fused-ring (bicyclic) bond motifs is 1. The Morgan fingerprint density at radius 1 is 1.27 bits per heavy atom. The minimum Gasteiger partial charge on any atom is -0.459 e. The number of anilines is 1. The molecule has 1 N–H and O–H groups in total. The molecule has 0 spiro atoms. The van der Waals surface area contributed by atoms with Crippen LogP contribution in [0.1, 0.15) is 58.4 Å². The van der Waals surface area contributed by atoms with Crippen LogP contribution in [-0.2, 0) is 21.4 Å². The van der Waals surface area contributed by atoms with Gasteiger partial charge >= 0.3 is 12.0 Å². The summed E-state index contributed by atoms with van der Waals surface area (Å²) in [5.74, 6) is 0.764. The zero-order chi connectivity index (χ0) is 24.2. The highest BCUT2D eigenvalue weighted by Crippen LogP contribution is 2.33. The van der Waals surface area contributed by atoms with Crippen molar-refractivity contribution in [3.8, 4) is 0 Å². The first-order valence-corrected chi connectivity index (χ1v) is 11.6. The van der Waals surface area contributed by atoms with Gasteiger partial charge in [0, 0.05) is 19.0 Å². The summed E-state index contributed by atoms with van der Waals surface area (Å²) in [5.41, 5.74) is 1.71. The maximum Gasteiger partial charge on any atom is 0.329 e. The fourth-order valence-electron chi connectivity index (χ4n) is 4.34. The summed E-state index contributed by atoms with van der Waals surface area (Å²) in [4.78, 5) is 38.9. The average molecular weight is 458 g/mol. The molecule has 1 aliphatic rings. The van der Waals surface area contributed by atoms with Crippen LogP contribution in [0.4, 0.5) is 10.6 Å². The van der Waals surface area contributed by atoms with Crippen LogP contribution in [0.25, 0.3) is 10.9 Å². The molecule has 0 atom stereocenters. The molecule has 0 unspecified atom stereocenters. The number of benzene rings is 1. The van der Waals surface area contributed by atoms with E-state index in [1.54, 1.807) is 4.68 Å². The summed E-state index contributed by atoms with van der Waals surface area (Å²) in [6.07, 6.45) is 3.05. The number of aromatic nitrogens is 2. The number of carbonyl (C=O) groups excluding carboxylic acids is 3. The Morgan fingerprint density at radius 3 is 2.58 bits per heavy atom. The standard InChI is InChI=1S/C24H35N5O4/c1-6-11-29(23(32)25-16-30)22-19-8-7-18(14-20(19)27(5)26-22)17-9-12-28(13-10-17)15-21(31)33-24(2,3)4/h7-8,14,16-17H,6,9-13,15H2,1-5H3,(H,25,30,32). The molecule has 2 heterocycles. The van der Waals surface area contributed by atoms with Crippen molar-refractivity contribution < 1.29 is 19.1 Å². The van der Waals surface area contributed by atoms with Crippen LogP contribution in [0.15, 0.2) is 18.2 Å². The van der Waals surface area contributed by atoms with Gasteiger partial charge in [-0.05, 0) is 76.7 Å². The number of carbonyl (C=O) groups is 3. The van der Waals surface area contributed by atoms with E-state index in [4.69, 9.17) is 4.74 Å². The van der Waals surface area contributed by atoms with Crippen LogP contribution < -0.4 is 10.2 Å². The summed E-state index contributed by atoms with van der Waals surface area (Å²) in [6.45, 7) is 10.1. The summed E-state index contributed by atoms with van der Waals surface area (Å²) in [5, 5.41) is 7.67. The van der Waals surface area contributed by atoms with Crippen molar-refractivity contribution in [2.75, 3.05) is 31.1 Å². The Labute approximate surface area is 195 Å². The number of hydrogen-bond acceptors (Lipinski definition) is 6. The van der Waals surface area contributed by atoms with Crippen LogP contribution >= 0.6 is 0 Å². The normalized spacial score (nSPS) is 15.4. The lowest BCUT2D eigenvalue weighted by molar-refractivity contribution is -0.156. The highest BCUT2D eigenvalue weighted by Gasteiger charge is 2.26. The molecule has 0 aliphatic carbocycles. The minimum atomic E-state index is -0.478. The van der Waals surface area contributed by atoms with E-state index in [1.807, 2.05) is 40.8 Å². The fraction of sp³-hybridized carbons (Fsp3) is 0.583. The minimum absolute atomic E-state index is 0.181. The Bertz CT molecular complexity index is 1000. The number of aryl methyl sites for hydroxylation is 1. The molecule has 3 rings (SSSR count). The molecular formula is C24H35N5O4. The molecule has 9 heteroatoms. The van der Waals surface area contributed by atoms with Crippen LogP contribution in [-0.4, -0.2) is 64.9 Å². The number of esters is 1. The van der Waals surface area contributed by atoms with E-state index < -0.39 is 11.6 Å². The summed E-state index contributed by atoms with van der Waals surface area (Å²) < 4.78 is 7.22. The van der Waals surface area contributed by atoms with Gasteiger partial charge in [-0.2, -0.15) is 5.10 Å². The maximum atomic E-state index is 12.4. The SMILES string of the molecule is CCCN(C(=O)NC=O)c1nn(C)c2cc(C3CCN(CC(=O)OC(C)(C)C)CC3)ccc12. The lowest BCUT2D eigenvalue weighted by Gasteiger charge is -2.32. The molecule has 9 nitrogen and oxygen atoms in total. The van der Waals surface area contributed by atoms with Crippen molar-refractivity contribution in [2.24, 2.45) is 7.05 Å². The maximum absolute atomic E-state index is 12.4. The highest BCUT2D eigenvalue weighted by molar-refractivity contribution is 6.03. The third-order valence-corrected chi connectivity index (χ3v) is 5.82. The summed E-state index contributed by atoms with van der Waals surface area (Å²) in [7, 11) is 1.86. The molecule has 33 heavy (non-hydrogen) atoms. The van der Waals surface area contributed by atoms with E-state index in [0.717, 1.165) is 43.3 Å². The summed E-state index contributed by atoms with van der Waals surface area (Å²) >= 11 is 0. The number of nitrogens with zero attached hydrogens (tertiary/aromatic N) is 4. The second-order valence-electron chi connectivity index (χ2n) is 9.58. The number of hydrogen-bond donors (Lipinski definition) is 1. The summed E-state index contributed by atoms with van der Waals surface area (Å²) in [6, 6.07) is 5.77. The molecule has 180 valence electrons. The number of ether oxygens (including phenoxy) is 1. The average Bonchev–Trinajstić information content (AvgIpc) is 3.07. The zero-order valence-electron chi connectivity index (χ0n) is 20.3. The number of imide groups is 1. The lowest BCUT2D eigenvalue weighted by atomic mass is 9.89. The van der Waals surface area contributed by atoms with Gasteiger partial charge in [0.05, 0.1) is 12.1 Å². The van der Waals surface area contributed by atoms with Gasteiger partial charge in [0.25, 0.3) is 0 Å². The van der Waals surface area contributed by atoms with Crippen molar-refractivity contribution in [2.45, 2.75) is 58.5 Å². The molecule has 1 aliphatic heterocycles. The van der Waals surface area contributed by atoms with E-state index >= 15 is 0 Å². The number of rotatable bonds is 7. The Kier molecular flexibility index (Phi) is 7.73. The van der Waals surface area contributed by atoms with Crippen molar-refractivity contribution in [1.29, 1.82) is 0 Å². The lowest BCUT2D eigenvalue weighted by Crippen LogP contribution is -2.40. The first-order chi connectivity index (χ1) is 15.6. The van der Waals surface area contributed by atoms with E-state index in [9.17, 15) is 14.4 Å². The van der Waals surface area contributed by atoms with Crippen LogP contribution in [0.2, 0.25) is 0 Å². The third kappa shape index (κ3) is 6.10. The molecule has 1 saturated heterocycles. The van der Waals surface area contributed by atoms with Gasteiger partial charge < -0.3 is 4.74 Å². The predicted octanol–water partition coefficient (Wildman–Crippen LogP) is 3.18. The van der Waals surface area contributed by atoms with Gasteiger partial charge in [-0.3, -0.25) is 29.4 Å². The second kappa shape index (κ2) is 10.3. The van der Waals surface area contributed by atoms with Crippen molar-refractivity contribution >= 4 is 35.1 Å². The smallest absolute Gasteiger partial charge is 0.329 e. The first-order valence-electron chi connectivity index (χ1n) is 11.6. The Balaban J connectivity index is 1.72. The van der Waals surface area contributed by atoms with Gasteiger partial charge in [0.1, 0.15) is 5.60 Å². The Hall–Kier alpha value is -2.94. The molecule has 0 saturated carbocycles. The predicted molar refractivity (Wildman–Crippen MR) is 127 cm³/mol. The largest absolute Gasteiger partial charge is 0.459 e. The van der Waals surface area contributed by atoms with Crippen molar-refractivity contribution in [3.05, 3.63) is 23.8 Å². The fourth-order valence-corrected chi connectivity index (χ4v) is 4.34. The monoisotopic (exact) mass is 457 g/mol. The molecular weight excluding hydrogens is 422 g/mol. The number of urea groups is 1. The molecule has 1 aromatic carbocycles. The molecule has 2 aromatic rings. The molecule has 1 fully saturated rings. The molecule has 3 amide bonds. The van der Waals surface area contributed by atoms with E-state index in [0.29, 0.717) is 31.2 Å². The quantitative estimate of drug-likeness (QED) is 0.507. The first kappa shape index (κ1) is 24.7. The van der Waals surface area contributed by atoms with Gasteiger partial charge in [0.2, 0.25) is 6.41 Å². The number of piperidine rings is 1. The molecule has 0 radical (unpaired) electrons. The van der Waals surface area contributed by atoms with Crippen LogP contribution in [0.5, 0.6) is 0 Å². The van der Waals surface area contributed by atoms with Crippen LogP contribution in [0, 0.1) is 0 Å². The van der Waals surface area contributed by atoms with Crippen molar-refractivity contribution in [3.63, 3.8) is 0 Å². The van der Waals surface area contributed by atoms with Gasteiger partial charge in [0.15, 0.2) is 5.82 Å². The number of amides is 3. The zero-order valence-corrected chi connectivity index (χ0v) is 20.3. The highest BCUT2D eigenvalue weighted by atomic mass is 16.6. The van der Waals surface area contributed by atoms with Crippen LogP contribution in [0.3, 0.4) is 0 Å². The number of nitrogens with one attached hydrogen (secondary N) is 1. The van der Waals surface area contributed by atoms with Gasteiger partial charge in [-0.15, -0.1) is 0 Å². The Morgan fingerprint density at radius 2 is 1.97 bits per heavy atom. The second-order valence-corrected chi connectivity index (χ2v) is 9.58. The molecule has 1 aromatic heterocycles. The van der Waals surface area contributed by atoms with E-state index in [2.05, 4.69) is 27.4 Å². The molecule has 0 bridgehead atoms. The van der Waals surface area contributed by atoms with E-state index in [1.165, 1.54) is 10.5 Å². The van der Waals surface area contributed by atoms with Crippen molar-refractivity contribution in [1.82, 2.24) is 20.0 Å². The third-order valence-electron chi connectivity index (χ3n) is 5.82. The van der Waals surface area contributed by atoms with Gasteiger partial charge in [-0.1, -0.05) is 13.0 Å². The topological polar surface area (TPSA) is 96.8 Å². The van der Waals surface area contributed by atoms with Gasteiger partial charge in [-0.25, -0.2) is 4.79 Å². The number of likely N-dealkylation sites (tertiary alicyclic amines) is 1. The van der Waals surface area contributed by atoms with E-state index in [-0.39, 0.29) is 5.97 Å².